The van der Waals surface area contributed by atoms with E-state index < -0.39 is 11.7 Å². The van der Waals surface area contributed by atoms with Crippen molar-refractivity contribution in [1.82, 2.24) is 29.6 Å². The third kappa shape index (κ3) is 5.19. The molecule has 5 aromatic rings. The first-order chi connectivity index (χ1) is 20.2. The van der Waals surface area contributed by atoms with Gasteiger partial charge in [-0.25, -0.2) is 9.97 Å². The van der Waals surface area contributed by atoms with E-state index >= 15 is 0 Å². The molecule has 1 aliphatic heterocycles. The summed E-state index contributed by atoms with van der Waals surface area (Å²) in [4.78, 5) is 11.6. The average Bonchev–Trinajstić information content (AvgIpc) is 3.59. The highest BCUT2D eigenvalue weighted by Crippen LogP contribution is 2.43. The molecule has 1 aliphatic carbocycles. The highest BCUT2D eigenvalue weighted by molar-refractivity contribution is 5.84. The molecule has 1 saturated heterocycles. The van der Waals surface area contributed by atoms with Crippen molar-refractivity contribution in [2.24, 2.45) is 13.0 Å². The number of aromatic nitrogens is 5. The van der Waals surface area contributed by atoms with Crippen LogP contribution in [0.3, 0.4) is 0 Å². The first kappa shape index (κ1) is 26.8. The van der Waals surface area contributed by atoms with Gasteiger partial charge in [-0.15, -0.1) is 10.2 Å². The zero-order valence-corrected chi connectivity index (χ0v) is 23.5. The molecular weight excluding hydrogens is 541 g/mol. The van der Waals surface area contributed by atoms with Crippen LogP contribution in [0, 0.1) is 5.92 Å². The van der Waals surface area contributed by atoms with Gasteiger partial charge in [0.1, 0.15) is 23.1 Å². The molecule has 0 amide bonds. The van der Waals surface area contributed by atoms with Gasteiger partial charge in [-0.1, -0.05) is 31.2 Å². The summed E-state index contributed by atoms with van der Waals surface area (Å²) in [6.45, 7) is 4.39. The van der Waals surface area contributed by atoms with Crippen LogP contribution in [0.1, 0.15) is 55.3 Å². The minimum absolute atomic E-state index is 0.0825. The molecule has 7 rings (SSSR count). The fourth-order valence-corrected chi connectivity index (χ4v) is 6.05. The van der Waals surface area contributed by atoms with Gasteiger partial charge < -0.3 is 8.98 Å². The van der Waals surface area contributed by atoms with Crippen molar-refractivity contribution in [3.05, 3.63) is 71.7 Å². The first-order valence-electron chi connectivity index (χ1n) is 14.4. The molecule has 0 bridgehead atoms. The molecule has 0 N–H and O–H groups in total. The van der Waals surface area contributed by atoms with E-state index in [1.807, 2.05) is 41.9 Å². The van der Waals surface area contributed by atoms with Gasteiger partial charge in [0.15, 0.2) is 11.4 Å². The van der Waals surface area contributed by atoms with E-state index in [9.17, 15) is 13.2 Å². The number of oxazole rings is 1. The summed E-state index contributed by atoms with van der Waals surface area (Å²) in [7, 11) is 1.89. The van der Waals surface area contributed by atoms with Gasteiger partial charge >= 0.3 is 6.18 Å². The minimum atomic E-state index is -4.58. The van der Waals surface area contributed by atoms with Crippen molar-refractivity contribution in [2.75, 3.05) is 13.1 Å². The molecule has 0 radical (unpaired) electrons. The fourth-order valence-electron chi connectivity index (χ4n) is 6.05. The van der Waals surface area contributed by atoms with E-state index in [4.69, 9.17) is 9.40 Å². The van der Waals surface area contributed by atoms with Gasteiger partial charge in [0, 0.05) is 37.3 Å². The number of likely N-dealkylation sites (tertiary alicyclic amines) is 1. The summed E-state index contributed by atoms with van der Waals surface area (Å²) < 4.78 is 50.6. The molecule has 4 heterocycles. The fraction of sp³-hybridized carbons (Fsp3) is 0.375. The summed E-state index contributed by atoms with van der Waals surface area (Å²) >= 11 is 0. The lowest BCUT2D eigenvalue weighted by atomic mass is 9.97. The van der Waals surface area contributed by atoms with E-state index in [-0.39, 0.29) is 17.0 Å². The number of alkyl halides is 3. The Hall–Kier alpha value is -4.05. The second-order valence-electron chi connectivity index (χ2n) is 11.7. The van der Waals surface area contributed by atoms with Gasteiger partial charge in [0.25, 0.3) is 0 Å². The highest BCUT2D eigenvalue weighted by Gasteiger charge is 2.36. The Bertz CT molecular complexity index is 1770. The van der Waals surface area contributed by atoms with Gasteiger partial charge in [-0.05, 0) is 79.1 Å². The molecule has 0 unspecified atom stereocenters. The molecular formula is C32H31F3N6O. The molecule has 2 fully saturated rings. The average molecular weight is 573 g/mol. The number of benzene rings is 2. The van der Waals surface area contributed by atoms with Crippen LogP contribution in [0.15, 0.2) is 59.3 Å². The van der Waals surface area contributed by atoms with Gasteiger partial charge in [0.2, 0.25) is 5.89 Å². The second kappa shape index (κ2) is 10.3. The summed E-state index contributed by atoms with van der Waals surface area (Å²) in [6, 6.07) is 14.7. The molecule has 0 spiro atoms. The molecule has 2 aliphatic rings. The Balaban J connectivity index is 1.33. The number of hydrogen-bond donors (Lipinski definition) is 0. The third-order valence-electron chi connectivity index (χ3n) is 8.25. The van der Waals surface area contributed by atoms with E-state index in [1.54, 1.807) is 12.4 Å². The van der Waals surface area contributed by atoms with Gasteiger partial charge in [0.05, 0.1) is 0 Å². The normalized spacial score (nSPS) is 18.2. The van der Waals surface area contributed by atoms with E-state index in [0.717, 1.165) is 61.2 Å². The molecule has 10 heteroatoms. The Morgan fingerprint density at radius 3 is 2.52 bits per heavy atom. The van der Waals surface area contributed by atoms with Crippen LogP contribution in [-0.2, 0) is 19.8 Å². The zero-order chi connectivity index (χ0) is 29.0. The van der Waals surface area contributed by atoms with E-state index in [0.29, 0.717) is 35.5 Å². The van der Waals surface area contributed by atoms with Crippen molar-refractivity contribution < 1.29 is 17.6 Å². The van der Waals surface area contributed by atoms with Crippen LogP contribution in [0.2, 0.25) is 0 Å². The van der Waals surface area contributed by atoms with Gasteiger partial charge in [-0.2, -0.15) is 13.2 Å². The topological polar surface area (TPSA) is 72.9 Å². The zero-order valence-electron chi connectivity index (χ0n) is 23.5. The number of rotatable bonds is 6. The Labute approximate surface area is 241 Å². The van der Waals surface area contributed by atoms with E-state index in [1.165, 1.54) is 6.07 Å². The summed E-state index contributed by atoms with van der Waals surface area (Å²) in [5.74, 6) is 1.63. The van der Waals surface area contributed by atoms with Crippen LogP contribution in [0.25, 0.3) is 45.2 Å². The Morgan fingerprint density at radius 2 is 1.81 bits per heavy atom. The summed E-state index contributed by atoms with van der Waals surface area (Å²) in [5, 5.41) is 8.33. The van der Waals surface area contributed by atoms with Crippen LogP contribution in [0.4, 0.5) is 13.2 Å². The third-order valence-corrected chi connectivity index (χ3v) is 8.25. The Kier molecular flexibility index (Phi) is 6.61. The first-order valence-corrected chi connectivity index (χ1v) is 14.4. The maximum atomic E-state index is 14.3. The van der Waals surface area contributed by atoms with E-state index in [2.05, 4.69) is 33.1 Å². The molecule has 1 atom stereocenters. The van der Waals surface area contributed by atoms with Crippen molar-refractivity contribution in [2.45, 2.75) is 51.2 Å². The molecule has 3 aromatic heterocycles. The maximum Gasteiger partial charge on any atom is 0.420 e. The predicted octanol–water partition coefficient (Wildman–Crippen LogP) is 7.48. The number of pyridine rings is 1. The summed E-state index contributed by atoms with van der Waals surface area (Å²) in [5.41, 5.74) is 3.71. The number of hydrogen-bond acceptors (Lipinski definition) is 6. The Morgan fingerprint density at radius 1 is 1.00 bits per heavy atom. The van der Waals surface area contributed by atoms with Crippen LogP contribution >= 0.6 is 0 Å². The van der Waals surface area contributed by atoms with Gasteiger partial charge in [-0.3, -0.25) is 4.90 Å². The van der Waals surface area contributed by atoms with Crippen LogP contribution in [-0.4, -0.2) is 42.7 Å². The number of aryl methyl sites for hydroxylation is 1. The van der Waals surface area contributed by atoms with Crippen molar-refractivity contribution in [3.8, 4) is 34.1 Å². The lowest BCUT2D eigenvalue weighted by Gasteiger charge is -2.30. The molecule has 7 nitrogen and oxygen atoms in total. The lowest BCUT2D eigenvalue weighted by Crippen LogP contribution is -2.33. The van der Waals surface area contributed by atoms with Crippen molar-refractivity contribution >= 4 is 11.1 Å². The minimum Gasteiger partial charge on any atom is -0.434 e. The number of piperidine rings is 1. The number of fused-ring (bicyclic) bond motifs is 1. The highest BCUT2D eigenvalue weighted by atomic mass is 19.4. The number of nitrogens with zero attached hydrogens (tertiary/aromatic N) is 6. The SMILES string of the molecule is C[C@@H]1CCCN(Cc2cc(C(F)(F)F)c3oc(-c4cc(-c5ccccc5-c5nncn5C)cc(C5CC5)n4)nc3c2)C1. The molecule has 42 heavy (non-hydrogen) atoms. The van der Waals surface area contributed by atoms with Crippen LogP contribution in [0.5, 0.6) is 0 Å². The smallest absolute Gasteiger partial charge is 0.420 e. The monoisotopic (exact) mass is 572 g/mol. The lowest BCUT2D eigenvalue weighted by molar-refractivity contribution is -0.136. The molecule has 1 saturated carbocycles. The summed E-state index contributed by atoms with van der Waals surface area (Å²) in [6.07, 6.45) is 1.30. The standard InChI is InChI=1S/C32H31F3N6O/c1-19-6-5-11-41(16-19)17-20-12-25(32(33,34)35)29-27(13-20)38-31(42-29)28-15-22(14-26(37-28)21-9-10-21)23-7-3-4-8-24(23)30-39-36-18-40(30)2/h3-4,7-8,12-15,18-19,21H,5-6,9-11,16-17H2,1-2H3/t19-/m1/s1. The predicted molar refractivity (Wildman–Crippen MR) is 153 cm³/mol. The second-order valence-corrected chi connectivity index (χ2v) is 11.7. The quantitative estimate of drug-likeness (QED) is 0.210. The van der Waals surface area contributed by atoms with Crippen LogP contribution < -0.4 is 0 Å². The largest absolute Gasteiger partial charge is 0.434 e. The van der Waals surface area contributed by atoms with Crippen molar-refractivity contribution in [1.29, 1.82) is 0 Å². The molecule has 216 valence electrons. The van der Waals surface area contributed by atoms with Crippen molar-refractivity contribution in [3.63, 3.8) is 0 Å². The number of halogens is 3. The molecule has 2 aromatic carbocycles. The maximum absolute atomic E-state index is 14.3.